The molecule has 1 amide bonds. The van der Waals surface area contributed by atoms with Crippen LogP contribution in [0.4, 0.5) is 0 Å². The number of piperidine rings is 1. The van der Waals surface area contributed by atoms with Gasteiger partial charge in [-0.15, -0.1) is 0 Å². The number of amides is 1. The third-order valence-corrected chi connectivity index (χ3v) is 7.46. The summed E-state index contributed by atoms with van der Waals surface area (Å²) >= 11 is 0. The molecule has 4 atom stereocenters. The number of carbonyl (C=O) groups is 1. The maximum Gasteiger partial charge on any atom is 0.222 e. The number of carbonyl (C=O) groups excluding carboxylic acids is 1. The van der Waals surface area contributed by atoms with Gasteiger partial charge in [0.25, 0.3) is 0 Å². The summed E-state index contributed by atoms with van der Waals surface area (Å²) in [7, 11) is 1.67. The summed E-state index contributed by atoms with van der Waals surface area (Å²) in [5.74, 6) is 2.52. The number of aryl methyl sites for hydroxylation is 1. The molecule has 32 heavy (non-hydrogen) atoms. The van der Waals surface area contributed by atoms with Gasteiger partial charge in [0.15, 0.2) is 0 Å². The highest BCUT2D eigenvalue weighted by Gasteiger charge is 2.51. The molecule has 0 radical (unpaired) electrons. The summed E-state index contributed by atoms with van der Waals surface area (Å²) in [6.45, 7) is 5.86. The number of H-pyrrole nitrogens is 1. The standard InChI is InChI=1S/C25H33N3O4/c1-25(2)20-11-17-15-28(23(29)6-4-5-16-13-26-27-14-16)10-9-21(17)31-24(20)19-8-7-18(30-3)12-22(19)32-25/h7-8,12-14,17,20-21,24H,4-6,9-11,15H2,1-3H3,(H,26,27)/t17-,20+,21+,24-/m0/s1. The van der Waals surface area contributed by atoms with E-state index in [1.54, 1.807) is 7.11 Å². The van der Waals surface area contributed by atoms with Crippen LogP contribution in [-0.2, 0) is 16.0 Å². The molecule has 2 fully saturated rings. The molecule has 0 bridgehead atoms. The smallest absolute Gasteiger partial charge is 0.222 e. The Hall–Kier alpha value is -2.54. The Bertz CT molecular complexity index is 958. The third kappa shape index (κ3) is 3.98. The number of methoxy groups -OCH3 is 1. The highest BCUT2D eigenvalue weighted by Crippen LogP contribution is 2.53. The third-order valence-electron chi connectivity index (χ3n) is 7.46. The van der Waals surface area contributed by atoms with E-state index in [1.807, 2.05) is 24.5 Å². The van der Waals surface area contributed by atoms with Crippen molar-refractivity contribution in [2.24, 2.45) is 11.8 Å². The fraction of sp³-hybridized carbons (Fsp3) is 0.600. The van der Waals surface area contributed by atoms with Crippen LogP contribution in [0.25, 0.3) is 0 Å². The van der Waals surface area contributed by atoms with Gasteiger partial charge >= 0.3 is 0 Å². The molecule has 0 spiro atoms. The van der Waals surface area contributed by atoms with Gasteiger partial charge in [0.1, 0.15) is 17.1 Å². The van der Waals surface area contributed by atoms with Gasteiger partial charge in [-0.05, 0) is 57.2 Å². The van der Waals surface area contributed by atoms with E-state index in [2.05, 4.69) is 35.0 Å². The number of likely N-dealkylation sites (tertiary alicyclic amines) is 1. The summed E-state index contributed by atoms with van der Waals surface area (Å²) in [6.07, 6.45) is 8.16. The molecular weight excluding hydrogens is 406 g/mol. The maximum atomic E-state index is 12.9. The Morgan fingerprint density at radius 2 is 2.25 bits per heavy atom. The van der Waals surface area contributed by atoms with Crippen molar-refractivity contribution in [1.29, 1.82) is 0 Å². The highest BCUT2D eigenvalue weighted by atomic mass is 16.5. The number of fused-ring (bicyclic) bond motifs is 4. The molecular formula is C25H33N3O4. The van der Waals surface area contributed by atoms with Crippen LogP contribution in [0.15, 0.2) is 30.6 Å². The second kappa shape index (κ2) is 8.43. The van der Waals surface area contributed by atoms with Crippen molar-refractivity contribution in [3.05, 3.63) is 41.7 Å². The Morgan fingerprint density at radius 3 is 3.03 bits per heavy atom. The molecule has 0 saturated carbocycles. The van der Waals surface area contributed by atoms with Crippen LogP contribution >= 0.6 is 0 Å². The average molecular weight is 440 g/mol. The molecule has 7 heteroatoms. The van der Waals surface area contributed by atoms with Crippen molar-refractivity contribution in [2.75, 3.05) is 20.2 Å². The van der Waals surface area contributed by atoms with Crippen molar-refractivity contribution in [3.63, 3.8) is 0 Å². The summed E-state index contributed by atoms with van der Waals surface area (Å²) in [6, 6.07) is 6.03. The molecule has 1 aromatic carbocycles. The van der Waals surface area contributed by atoms with Gasteiger partial charge in [0, 0.05) is 49.2 Å². The van der Waals surface area contributed by atoms with Crippen molar-refractivity contribution in [3.8, 4) is 11.5 Å². The zero-order valence-electron chi connectivity index (χ0n) is 19.2. The summed E-state index contributed by atoms with van der Waals surface area (Å²) in [5, 5.41) is 6.80. The van der Waals surface area contributed by atoms with Crippen LogP contribution in [0, 0.1) is 11.8 Å². The van der Waals surface area contributed by atoms with Crippen molar-refractivity contribution in [2.45, 2.75) is 63.8 Å². The monoisotopic (exact) mass is 439 g/mol. The molecule has 2 aromatic rings. The van der Waals surface area contributed by atoms with Gasteiger partial charge in [0.2, 0.25) is 5.91 Å². The lowest BCUT2D eigenvalue weighted by molar-refractivity contribution is -0.188. The Labute approximate surface area is 189 Å². The fourth-order valence-corrected chi connectivity index (χ4v) is 5.65. The maximum absolute atomic E-state index is 12.9. The zero-order valence-corrected chi connectivity index (χ0v) is 19.2. The van der Waals surface area contributed by atoms with Gasteiger partial charge < -0.3 is 19.1 Å². The highest BCUT2D eigenvalue weighted by molar-refractivity contribution is 5.76. The SMILES string of the molecule is COc1ccc2c(c1)OC(C)(C)[C@@H]1C[C@H]3CN(C(=O)CCCc4cn[nH]c4)CC[C@H]3O[C@@H]21. The normalized spacial score (nSPS) is 28.2. The molecule has 3 aliphatic rings. The van der Waals surface area contributed by atoms with Gasteiger partial charge in [-0.2, -0.15) is 5.10 Å². The molecule has 3 aliphatic heterocycles. The van der Waals surface area contributed by atoms with E-state index in [0.29, 0.717) is 12.3 Å². The average Bonchev–Trinajstić information content (AvgIpc) is 3.30. The first-order chi connectivity index (χ1) is 15.4. The minimum Gasteiger partial charge on any atom is -0.497 e. The minimum absolute atomic E-state index is 0.0260. The Kier molecular flexibility index (Phi) is 5.61. The lowest BCUT2D eigenvalue weighted by Crippen LogP contribution is -2.55. The summed E-state index contributed by atoms with van der Waals surface area (Å²) in [4.78, 5) is 14.9. The molecule has 4 heterocycles. The Balaban J connectivity index is 1.25. The predicted octanol–water partition coefficient (Wildman–Crippen LogP) is 3.91. The van der Waals surface area contributed by atoms with Crippen molar-refractivity contribution >= 4 is 5.91 Å². The predicted molar refractivity (Wildman–Crippen MR) is 120 cm³/mol. The molecule has 5 rings (SSSR count). The first-order valence-corrected chi connectivity index (χ1v) is 11.7. The van der Waals surface area contributed by atoms with Gasteiger partial charge in [0.05, 0.1) is 25.5 Å². The number of hydrogen-bond donors (Lipinski definition) is 1. The number of nitrogens with zero attached hydrogens (tertiary/aromatic N) is 2. The van der Waals surface area contributed by atoms with Gasteiger partial charge in [-0.3, -0.25) is 9.89 Å². The minimum atomic E-state index is -0.341. The van der Waals surface area contributed by atoms with E-state index in [4.69, 9.17) is 14.2 Å². The fourth-order valence-electron chi connectivity index (χ4n) is 5.65. The van der Waals surface area contributed by atoms with Crippen LogP contribution in [0.1, 0.15) is 56.8 Å². The zero-order chi connectivity index (χ0) is 22.3. The van der Waals surface area contributed by atoms with Crippen molar-refractivity contribution < 1.29 is 19.0 Å². The van der Waals surface area contributed by atoms with Gasteiger partial charge in [-0.1, -0.05) is 0 Å². The van der Waals surface area contributed by atoms with Crippen molar-refractivity contribution in [1.82, 2.24) is 15.1 Å². The van der Waals surface area contributed by atoms with Crippen LogP contribution in [0.3, 0.4) is 0 Å². The number of aromatic amines is 1. The number of nitrogens with one attached hydrogen (secondary N) is 1. The van der Waals surface area contributed by atoms with Gasteiger partial charge in [-0.25, -0.2) is 0 Å². The van der Waals surface area contributed by atoms with E-state index < -0.39 is 0 Å². The second-order valence-electron chi connectivity index (χ2n) is 9.90. The van der Waals surface area contributed by atoms with Crippen LogP contribution in [0.5, 0.6) is 11.5 Å². The number of ether oxygens (including phenoxy) is 3. The number of aromatic nitrogens is 2. The lowest BCUT2D eigenvalue weighted by atomic mass is 9.70. The van der Waals surface area contributed by atoms with Crippen LogP contribution < -0.4 is 9.47 Å². The number of benzene rings is 1. The quantitative estimate of drug-likeness (QED) is 0.765. The van der Waals surface area contributed by atoms with E-state index in [-0.39, 0.29) is 29.6 Å². The summed E-state index contributed by atoms with van der Waals surface area (Å²) in [5.41, 5.74) is 1.93. The molecule has 0 aliphatic carbocycles. The lowest BCUT2D eigenvalue weighted by Gasteiger charge is -2.53. The largest absolute Gasteiger partial charge is 0.497 e. The second-order valence-corrected chi connectivity index (χ2v) is 9.90. The first kappa shape index (κ1) is 21.3. The first-order valence-electron chi connectivity index (χ1n) is 11.7. The van der Waals surface area contributed by atoms with E-state index in [9.17, 15) is 4.79 Å². The molecule has 2 saturated heterocycles. The molecule has 0 unspecified atom stereocenters. The molecule has 172 valence electrons. The van der Waals surface area contributed by atoms with E-state index >= 15 is 0 Å². The van der Waals surface area contributed by atoms with E-state index in [1.165, 1.54) is 0 Å². The number of rotatable bonds is 5. The Morgan fingerprint density at radius 1 is 1.38 bits per heavy atom. The summed E-state index contributed by atoms with van der Waals surface area (Å²) < 4.78 is 18.5. The number of hydrogen-bond acceptors (Lipinski definition) is 5. The molecule has 7 nitrogen and oxygen atoms in total. The molecule has 1 aromatic heterocycles. The molecule has 1 N–H and O–H groups in total. The topological polar surface area (TPSA) is 76.7 Å². The van der Waals surface area contributed by atoms with Crippen LogP contribution in [-0.4, -0.2) is 52.9 Å². The van der Waals surface area contributed by atoms with Crippen LogP contribution in [0.2, 0.25) is 0 Å². The van der Waals surface area contributed by atoms with E-state index in [0.717, 1.165) is 61.4 Å².